The molecular formula is C16H20N4O. The number of anilines is 1. The minimum Gasteiger partial charge on any atom is -0.357 e. The summed E-state index contributed by atoms with van der Waals surface area (Å²) >= 11 is 0. The molecule has 2 aromatic rings. The van der Waals surface area contributed by atoms with Crippen LogP contribution in [0.3, 0.4) is 0 Å². The average Bonchev–Trinajstić information content (AvgIpc) is 3.00. The number of aryl methyl sites for hydroxylation is 1. The molecule has 0 spiro atoms. The molecule has 1 fully saturated rings. The largest absolute Gasteiger partial charge is 0.357 e. The Morgan fingerprint density at radius 3 is 2.71 bits per heavy atom. The quantitative estimate of drug-likeness (QED) is 0.941. The number of rotatable bonds is 3. The molecule has 1 saturated carbocycles. The van der Waals surface area contributed by atoms with Gasteiger partial charge in [0.05, 0.1) is 5.69 Å². The monoisotopic (exact) mass is 284 g/mol. The number of hydrogen-bond acceptors (Lipinski definition) is 4. The molecule has 2 aromatic heterocycles. The zero-order valence-electron chi connectivity index (χ0n) is 12.5. The Morgan fingerprint density at radius 1 is 1.38 bits per heavy atom. The van der Waals surface area contributed by atoms with E-state index in [1.165, 1.54) is 12.8 Å². The zero-order chi connectivity index (χ0) is 15.0. The third-order valence-electron chi connectivity index (χ3n) is 4.24. The lowest BCUT2D eigenvalue weighted by atomic mass is 10.1. The van der Waals surface area contributed by atoms with Crippen LogP contribution in [0, 0.1) is 6.92 Å². The van der Waals surface area contributed by atoms with Crippen LogP contribution >= 0.6 is 0 Å². The molecule has 0 amide bonds. The first-order valence-electron chi connectivity index (χ1n) is 7.39. The average molecular weight is 284 g/mol. The summed E-state index contributed by atoms with van der Waals surface area (Å²) in [6, 6.07) is 2.09. The Bertz CT molecular complexity index is 757. The molecule has 21 heavy (non-hydrogen) atoms. The van der Waals surface area contributed by atoms with E-state index < -0.39 is 0 Å². The lowest BCUT2D eigenvalue weighted by Gasteiger charge is -2.18. The SMILES string of the molecule is C=Cc1cc2c(C)nc(NC)nc2n(C2CCCC2)c1=O. The van der Waals surface area contributed by atoms with Gasteiger partial charge in [-0.3, -0.25) is 9.36 Å². The summed E-state index contributed by atoms with van der Waals surface area (Å²) in [6.07, 6.45) is 6.03. The van der Waals surface area contributed by atoms with E-state index in [9.17, 15) is 4.79 Å². The van der Waals surface area contributed by atoms with E-state index in [4.69, 9.17) is 0 Å². The molecule has 0 radical (unpaired) electrons. The summed E-state index contributed by atoms with van der Waals surface area (Å²) < 4.78 is 1.86. The molecule has 0 saturated heterocycles. The van der Waals surface area contributed by atoms with E-state index in [0.29, 0.717) is 11.5 Å². The van der Waals surface area contributed by atoms with Gasteiger partial charge in [-0.25, -0.2) is 4.98 Å². The predicted octanol–water partition coefficient (Wildman–Crippen LogP) is 2.90. The molecule has 0 bridgehead atoms. The van der Waals surface area contributed by atoms with Crippen LogP contribution in [-0.4, -0.2) is 21.6 Å². The van der Waals surface area contributed by atoms with Crippen LogP contribution in [0.4, 0.5) is 5.95 Å². The number of hydrogen-bond donors (Lipinski definition) is 1. The minimum atomic E-state index is 0.00422. The second-order valence-corrected chi connectivity index (χ2v) is 5.54. The van der Waals surface area contributed by atoms with Crippen LogP contribution < -0.4 is 10.9 Å². The summed E-state index contributed by atoms with van der Waals surface area (Å²) in [5.41, 5.74) is 2.23. The van der Waals surface area contributed by atoms with Gasteiger partial charge in [-0.15, -0.1) is 0 Å². The van der Waals surface area contributed by atoms with Crippen LogP contribution in [0.15, 0.2) is 17.4 Å². The van der Waals surface area contributed by atoms with Gasteiger partial charge < -0.3 is 5.32 Å². The third-order valence-corrected chi connectivity index (χ3v) is 4.24. The summed E-state index contributed by atoms with van der Waals surface area (Å²) in [5, 5.41) is 3.89. The molecule has 110 valence electrons. The normalized spacial score (nSPS) is 15.5. The zero-order valence-corrected chi connectivity index (χ0v) is 12.5. The molecule has 5 nitrogen and oxygen atoms in total. The molecule has 1 aliphatic rings. The molecule has 2 heterocycles. The molecule has 3 rings (SSSR count). The number of aromatic nitrogens is 3. The van der Waals surface area contributed by atoms with Gasteiger partial charge in [-0.05, 0) is 25.8 Å². The predicted molar refractivity (Wildman–Crippen MR) is 85.7 cm³/mol. The highest BCUT2D eigenvalue weighted by Gasteiger charge is 2.22. The van der Waals surface area contributed by atoms with Crippen molar-refractivity contribution in [1.82, 2.24) is 14.5 Å². The van der Waals surface area contributed by atoms with Crippen LogP contribution in [0.2, 0.25) is 0 Å². The number of fused-ring (bicyclic) bond motifs is 1. The van der Waals surface area contributed by atoms with Crippen molar-refractivity contribution in [3.63, 3.8) is 0 Å². The van der Waals surface area contributed by atoms with Gasteiger partial charge in [0.15, 0.2) is 0 Å². The van der Waals surface area contributed by atoms with Crippen molar-refractivity contribution in [3.05, 3.63) is 34.3 Å². The van der Waals surface area contributed by atoms with Crippen molar-refractivity contribution in [1.29, 1.82) is 0 Å². The van der Waals surface area contributed by atoms with Gasteiger partial charge in [0.25, 0.3) is 5.56 Å². The molecule has 5 heteroatoms. The van der Waals surface area contributed by atoms with Crippen LogP contribution in [-0.2, 0) is 0 Å². The minimum absolute atomic E-state index is 0.00422. The van der Waals surface area contributed by atoms with Crippen molar-refractivity contribution in [2.24, 2.45) is 0 Å². The van der Waals surface area contributed by atoms with Gasteiger partial charge in [0.2, 0.25) is 5.95 Å². The van der Waals surface area contributed by atoms with Crippen LogP contribution in [0.25, 0.3) is 17.1 Å². The Kier molecular flexibility index (Phi) is 3.49. The number of nitrogens with one attached hydrogen (secondary N) is 1. The van der Waals surface area contributed by atoms with Gasteiger partial charge in [0, 0.05) is 24.0 Å². The molecule has 0 aromatic carbocycles. The second-order valence-electron chi connectivity index (χ2n) is 5.54. The van der Waals surface area contributed by atoms with Crippen molar-refractivity contribution >= 4 is 23.1 Å². The van der Waals surface area contributed by atoms with Crippen molar-refractivity contribution < 1.29 is 0 Å². The summed E-state index contributed by atoms with van der Waals surface area (Å²) in [7, 11) is 1.79. The van der Waals surface area contributed by atoms with Crippen molar-refractivity contribution in [3.8, 4) is 0 Å². The van der Waals surface area contributed by atoms with Crippen LogP contribution in [0.5, 0.6) is 0 Å². The number of nitrogens with zero attached hydrogens (tertiary/aromatic N) is 3. The first-order chi connectivity index (χ1) is 10.2. The first-order valence-corrected chi connectivity index (χ1v) is 7.39. The molecule has 0 atom stereocenters. The molecule has 1 N–H and O–H groups in total. The van der Waals surface area contributed by atoms with Crippen LogP contribution in [0.1, 0.15) is 43.0 Å². The molecule has 0 aliphatic heterocycles. The Balaban J connectivity index is 2.39. The second kappa shape index (κ2) is 5.31. The fourth-order valence-corrected chi connectivity index (χ4v) is 3.13. The third kappa shape index (κ3) is 2.22. The summed E-state index contributed by atoms with van der Waals surface area (Å²) in [5.74, 6) is 0.553. The number of pyridine rings is 1. The van der Waals surface area contributed by atoms with E-state index in [1.54, 1.807) is 13.1 Å². The Labute approximate surface area is 123 Å². The topological polar surface area (TPSA) is 59.8 Å². The van der Waals surface area contributed by atoms with E-state index in [0.717, 1.165) is 29.6 Å². The molecule has 1 aliphatic carbocycles. The summed E-state index contributed by atoms with van der Waals surface area (Å²) in [6.45, 7) is 5.71. The van der Waals surface area contributed by atoms with Gasteiger partial charge in [0.1, 0.15) is 5.65 Å². The van der Waals surface area contributed by atoms with Crippen molar-refractivity contribution in [2.75, 3.05) is 12.4 Å². The highest BCUT2D eigenvalue weighted by Crippen LogP contribution is 2.31. The highest BCUT2D eigenvalue weighted by atomic mass is 16.1. The first kappa shape index (κ1) is 13.8. The van der Waals surface area contributed by atoms with E-state index >= 15 is 0 Å². The van der Waals surface area contributed by atoms with Gasteiger partial charge >= 0.3 is 0 Å². The van der Waals surface area contributed by atoms with Gasteiger partial charge in [-0.2, -0.15) is 4.98 Å². The van der Waals surface area contributed by atoms with Crippen molar-refractivity contribution in [2.45, 2.75) is 38.6 Å². The fourth-order valence-electron chi connectivity index (χ4n) is 3.13. The fraction of sp³-hybridized carbons (Fsp3) is 0.438. The maximum atomic E-state index is 12.7. The lowest BCUT2D eigenvalue weighted by molar-refractivity contribution is 0.515. The maximum Gasteiger partial charge on any atom is 0.259 e. The Morgan fingerprint density at radius 2 is 2.10 bits per heavy atom. The lowest BCUT2D eigenvalue weighted by Crippen LogP contribution is -2.26. The summed E-state index contributed by atoms with van der Waals surface area (Å²) in [4.78, 5) is 21.7. The van der Waals surface area contributed by atoms with E-state index in [-0.39, 0.29) is 11.6 Å². The molecular weight excluding hydrogens is 264 g/mol. The standard InChI is InChI=1S/C16H20N4O/c1-4-11-9-13-10(2)18-16(17-3)19-14(13)20(15(11)21)12-7-5-6-8-12/h4,9,12H,1,5-8H2,2-3H3,(H,17,18,19). The Hall–Kier alpha value is -2.17. The van der Waals surface area contributed by atoms with E-state index in [1.807, 2.05) is 17.6 Å². The van der Waals surface area contributed by atoms with Gasteiger partial charge in [-0.1, -0.05) is 25.5 Å². The van der Waals surface area contributed by atoms with E-state index in [2.05, 4.69) is 21.9 Å². The molecule has 0 unspecified atom stereocenters. The highest BCUT2D eigenvalue weighted by molar-refractivity contribution is 5.81. The maximum absolute atomic E-state index is 12.7. The smallest absolute Gasteiger partial charge is 0.259 e.